The molecule has 2 aromatic carbocycles. The van der Waals surface area contributed by atoms with Crippen LogP contribution in [0.2, 0.25) is 0 Å². The summed E-state index contributed by atoms with van der Waals surface area (Å²) in [6.45, 7) is 47.0. The van der Waals surface area contributed by atoms with Crippen LogP contribution in [0.5, 0.6) is 11.5 Å². The topological polar surface area (TPSA) is 302 Å². The first-order valence-electron chi connectivity index (χ1n) is 41.3. The summed E-state index contributed by atoms with van der Waals surface area (Å²) in [5.74, 6) is -1.10. The van der Waals surface area contributed by atoms with Crippen LogP contribution in [0.15, 0.2) is 48.5 Å². The third-order valence-corrected chi connectivity index (χ3v) is 17.4. The number of ether oxygens (including phenoxy) is 16. The van der Waals surface area contributed by atoms with Crippen molar-refractivity contribution in [2.24, 2.45) is 0 Å². The van der Waals surface area contributed by atoms with Gasteiger partial charge in [-0.05, 0) is 166 Å². The molecule has 1 N–H and O–H groups in total. The number of carbonyl (C=O) groups excluding carboxylic acids is 7. The van der Waals surface area contributed by atoms with Gasteiger partial charge in [0.1, 0.15) is 65.2 Å². The summed E-state index contributed by atoms with van der Waals surface area (Å²) in [7, 11) is 1.53. The van der Waals surface area contributed by atoms with Gasteiger partial charge in [0.05, 0.1) is 119 Å². The Morgan fingerprint density at radius 1 is 0.330 bits per heavy atom. The third-order valence-electron chi connectivity index (χ3n) is 17.4. The van der Waals surface area contributed by atoms with Crippen molar-refractivity contribution in [3.63, 3.8) is 0 Å². The van der Waals surface area contributed by atoms with E-state index in [1.54, 1.807) is 20.8 Å². The fourth-order valence-corrected chi connectivity index (χ4v) is 12.2. The summed E-state index contributed by atoms with van der Waals surface area (Å²) in [4.78, 5) is 107. The zero-order valence-electron chi connectivity index (χ0n) is 73.2. The van der Waals surface area contributed by atoms with E-state index in [0.717, 1.165) is 11.1 Å². The average Bonchev–Trinajstić information content (AvgIpc) is 0.849. The Kier molecular flexibility index (Phi) is 51.7. The summed E-state index contributed by atoms with van der Waals surface area (Å²) in [6, 6.07) is 13.3. The minimum Gasteiger partial charge on any atom is -0.491 e. The highest BCUT2D eigenvalue weighted by Gasteiger charge is 2.35. The van der Waals surface area contributed by atoms with Gasteiger partial charge in [0, 0.05) is 125 Å². The molecule has 31 heteroatoms. The summed E-state index contributed by atoms with van der Waals surface area (Å²) in [5.41, 5.74) is -0.702. The maximum Gasteiger partial charge on any atom is 0.325 e. The second kappa shape index (κ2) is 57.8. The molecule has 2 aliphatic heterocycles. The molecule has 4 rings (SSSR count). The van der Waals surface area contributed by atoms with E-state index in [4.69, 9.17) is 75.8 Å². The molecule has 0 aromatic heterocycles. The molecule has 2 aromatic rings. The van der Waals surface area contributed by atoms with Gasteiger partial charge >= 0.3 is 41.8 Å². The Bertz CT molecular complexity index is 2890. The minimum atomic E-state index is -0.717. The Labute approximate surface area is 687 Å². The number of benzene rings is 2. The summed E-state index contributed by atoms with van der Waals surface area (Å²) in [6.07, 6.45) is 0.751. The van der Waals surface area contributed by atoms with E-state index in [1.165, 1.54) is 7.11 Å². The molecule has 660 valence electrons. The lowest BCUT2D eigenvalue weighted by Crippen LogP contribution is -2.55. The van der Waals surface area contributed by atoms with Crippen molar-refractivity contribution in [2.75, 3.05) is 257 Å². The molecule has 2 saturated heterocycles. The number of rotatable bonds is 45. The van der Waals surface area contributed by atoms with Crippen molar-refractivity contribution < 1.29 is 109 Å². The van der Waals surface area contributed by atoms with Crippen LogP contribution >= 0.6 is 0 Å². The van der Waals surface area contributed by atoms with Gasteiger partial charge in [-0.3, -0.25) is 67.9 Å². The molecular weight excluding hydrogens is 1490 g/mol. The van der Waals surface area contributed by atoms with Crippen LogP contribution in [0.25, 0.3) is 0 Å². The van der Waals surface area contributed by atoms with Crippen molar-refractivity contribution >= 4 is 41.8 Å². The molecular formula is C84H146N8O23. The molecule has 0 aliphatic carbocycles. The summed E-state index contributed by atoms with van der Waals surface area (Å²) in [5, 5.41) is 3.44. The summed E-state index contributed by atoms with van der Waals surface area (Å²) < 4.78 is 89.4. The molecule has 0 bridgehead atoms. The smallest absolute Gasteiger partial charge is 0.325 e. The zero-order chi connectivity index (χ0) is 85.1. The van der Waals surface area contributed by atoms with Crippen molar-refractivity contribution in [1.29, 1.82) is 0 Å². The molecule has 0 radical (unpaired) electrons. The number of methoxy groups -OCH3 is 1. The van der Waals surface area contributed by atoms with Gasteiger partial charge in [-0.2, -0.15) is 0 Å². The highest BCUT2D eigenvalue weighted by Crippen LogP contribution is 2.22. The molecule has 115 heavy (non-hydrogen) atoms. The quantitative estimate of drug-likeness (QED) is 0.0459. The van der Waals surface area contributed by atoms with Gasteiger partial charge in [0.2, 0.25) is 0 Å². The molecule has 3 atom stereocenters. The Morgan fingerprint density at radius 3 is 0.843 bits per heavy atom. The number of hydrogen-bond acceptors (Lipinski definition) is 31. The van der Waals surface area contributed by atoms with Gasteiger partial charge in [-0.15, -0.1) is 0 Å². The highest BCUT2D eigenvalue weighted by atomic mass is 16.6. The van der Waals surface area contributed by atoms with Crippen molar-refractivity contribution in [3.8, 4) is 11.5 Å². The Hall–Kier alpha value is -6.27. The van der Waals surface area contributed by atoms with Gasteiger partial charge in [0.25, 0.3) is 0 Å². The molecule has 3 unspecified atom stereocenters. The van der Waals surface area contributed by atoms with Gasteiger partial charge in [0.15, 0.2) is 0 Å². The minimum absolute atomic E-state index is 0.00308. The largest absolute Gasteiger partial charge is 0.491 e. The lowest BCUT2D eigenvalue weighted by Gasteiger charge is -2.38. The van der Waals surface area contributed by atoms with E-state index in [9.17, 15) is 33.6 Å². The van der Waals surface area contributed by atoms with Crippen LogP contribution in [-0.2, 0) is 113 Å². The molecule has 2 fully saturated rings. The number of nitrogens with one attached hydrogen (secondary N) is 1. The number of hydrogen-bond donors (Lipinski definition) is 1. The van der Waals surface area contributed by atoms with E-state index < -0.39 is 46.5 Å². The van der Waals surface area contributed by atoms with Crippen LogP contribution in [0.3, 0.4) is 0 Å². The standard InChI is InChI=1S/C45H78N4O13.C39H68N4O10/c1-11-55-26-27-56-28-29-57-30-31-60-37-16-14-36(15-17-37)32-38(42(52)58-12-2)48-22-18-46(33-40(50)61-44(4,5)6)20-24-49(39(35-54-10)43(53)59-13-3)25-21-47(19-23-48)34-41(51)62-45(7,8)9;1-9-47-23-24-48-25-26-49-27-28-51-33-13-11-32(12-14-33)29-34(37(46)50-10-2)43-21-19-41(30-35(44)52-38(3,4)5)17-15-40-16-18-42(20-22-43)31-36(45)53-39(6,7)8/h14-17,38-39H,11-13,18-35H2,1-10H3;11-14,34,40H,9-10,15-31H2,1-8H3. The Morgan fingerprint density at radius 2 is 0.583 bits per heavy atom. The molecule has 0 saturated carbocycles. The van der Waals surface area contributed by atoms with Crippen LogP contribution in [0.1, 0.15) is 129 Å². The first kappa shape index (κ1) is 103. The maximum absolute atomic E-state index is 13.9. The van der Waals surface area contributed by atoms with Crippen LogP contribution in [0, 0.1) is 0 Å². The third kappa shape index (κ3) is 49.7. The second-order valence-electron chi connectivity index (χ2n) is 31.8. The molecule has 0 amide bonds. The second-order valence-corrected chi connectivity index (χ2v) is 31.8. The van der Waals surface area contributed by atoms with Crippen LogP contribution < -0.4 is 14.8 Å². The lowest BCUT2D eigenvalue weighted by atomic mass is 10.0. The van der Waals surface area contributed by atoms with Crippen molar-refractivity contribution in [3.05, 3.63) is 59.7 Å². The lowest BCUT2D eigenvalue weighted by molar-refractivity contribution is -0.158. The van der Waals surface area contributed by atoms with Crippen molar-refractivity contribution in [2.45, 2.75) is 171 Å². The monoisotopic (exact) mass is 1640 g/mol. The number of nitrogens with zero attached hydrogens (tertiary/aromatic N) is 7. The average molecular weight is 1640 g/mol. The normalized spacial score (nSPS) is 16.6. The van der Waals surface area contributed by atoms with E-state index in [0.29, 0.717) is 222 Å². The van der Waals surface area contributed by atoms with Gasteiger partial charge in [-0.1, -0.05) is 24.3 Å². The van der Waals surface area contributed by atoms with E-state index >= 15 is 0 Å². The van der Waals surface area contributed by atoms with Crippen LogP contribution in [-0.4, -0.2) is 374 Å². The van der Waals surface area contributed by atoms with Crippen molar-refractivity contribution in [1.82, 2.24) is 39.6 Å². The number of carbonyl (C=O) groups is 7. The first-order chi connectivity index (χ1) is 54.7. The molecule has 2 heterocycles. The molecule has 0 spiro atoms. The predicted octanol–water partition coefficient (Wildman–Crippen LogP) is 5.89. The SMILES string of the molecule is CCOCCOCCOCCOc1ccc(CC(C(=O)OCC)N2CCN(CC(=O)OC(C)(C)C)CCN(C(COC)C(=O)OCC)CCN(CC(=O)OC(C)(C)C)CC2)cc1.CCOCCOCCOCCOc1ccc(CC(C(=O)OCC)N2CCN(CC(=O)OC(C)(C)C)CCNCCN(CC(=O)OC(C)(C)C)CC2)cc1. The summed E-state index contributed by atoms with van der Waals surface area (Å²) >= 11 is 0. The molecule has 31 nitrogen and oxygen atoms in total. The zero-order valence-corrected chi connectivity index (χ0v) is 73.2. The maximum atomic E-state index is 13.9. The van der Waals surface area contributed by atoms with E-state index in [2.05, 4.69) is 24.9 Å². The fourth-order valence-electron chi connectivity index (χ4n) is 12.2. The number of esters is 7. The van der Waals surface area contributed by atoms with Gasteiger partial charge < -0.3 is 81.1 Å². The van der Waals surface area contributed by atoms with Crippen LogP contribution in [0.4, 0.5) is 0 Å². The van der Waals surface area contributed by atoms with E-state index in [-0.39, 0.29) is 88.4 Å². The molecule has 2 aliphatic rings. The fraction of sp³-hybridized carbons (Fsp3) is 0.774. The Balaban J connectivity index is 0.000000602. The highest BCUT2D eigenvalue weighted by molar-refractivity contribution is 5.78. The van der Waals surface area contributed by atoms with Gasteiger partial charge in [-0.25, -0.2) is 0 Å². The van der Waals surface area contributed by atoms with E-state index in [1.807, 2.05) is 160 Å². The predicted molar refractivity (Wildman–Crippen MR) is 437 cm³/mol. The first-order valence-corrected chi connectivity index (χ1v) is 41.3.